The molecule has 0 aliphatic heterocycles. The van der Waals surface area contributed by atoms with Crippen LogP contribution >= 0.6 is 11.8 Å². The van der Waals surface area contributed by atoms with Gasteiger partial charge < -0.3 is 5.32 Å². The van der Waals surface area contributed by atoms with Gasteiger partial charge >= 0.3 is 0 Å². The van der Waals surface area contributed by atoms with Crippen LogP contribution in [0.4, 0.5) is 0 Å². The summed E-state index contributed by atoms with van der Waals surface area (Å²) in [6.45, 7) is 6.33. The van der Waals surface area contributed by atoms with E-state index in [9.17, 15) is 4.79 Å². The van der Waals surface area contributed by atoms with Gasteiger partial charge in [0.25, 0.3) is 0 Å². The first-order valence-corrected chi connectivity index (χ1v) is 9.73. The van der Waals surface area contributed by atoms with Gasteiger partial charge in [-0.2, -0.15) is 11.8 Å². The number of aryl methyl sites for hydroxylation is 2. The maximum atomic E-state index is 12.3. The minimum Gasteiger partial charge on any atom is -0.349 e. The molecule has 2 rings (SSSR count). The molecule has 0 aromatic heterocycles. The first-order valence-electron chi connectivity index (χ1n) is 8.58. The Morgan fingerprint density at radius 2 is 1.88 bits per heavy atom. The Balaban J connectivity index is 1.79. The first-order chi connectivity index (χ1) is 11.6. The molecule has 0 radical (unpaired) electrons. The fourth-order valence-electron chi connectivity index (χ4n) is 2.81. The van der Waals surface area contributed by atoms with Crippen LogP contribution in [0.1, 0.15) is 48.1 Å². The molecule has 0 aliphatic carbocycles. The minimum atomic E-state index is 0.109. The maximum Gasteiger partial charge on any atom is 0.221 e. The van der Waals surface area contributed by atoms with Crippen LogP contribution in [-0.2, 0) is 10.5 Å². The third kappa shape index (κ3) is 5.72. The second-order valence-electron chi connectivity index (χ2n) is 6.18. The van der Waals surface area contributed by atoms with Crippen LogP contribution in [0.15, 0.2) is 48.5 Å². The second kappa shape index (κ2) is 9.53. The molecule has 0 aliphatic rings. The lowest BCUT2D eigenvalue weighted by Gasteiger charge is -2.20. The lowest BCUT2D eigenvalue weighted by Crippen LogP contribution is -2.28. The largest absolute Gasteiger partial charge is 0.349 e. The molecule has 0 fully saturated rings. The van der Waals surface area contributed by atoms with Gasteiger partial charge in [0.05, 0.1) is 6.04 Å². The summed E-state index contributed by atoms with van der Waals surface area (Å²) in [7, 11) is 0. The molecule has 24 heavy (non-hydrogen) atoms. The number of nitrogens with one attached hydrogen (secondary N) is 1. The molecule has 0 saturated carbocycles. The minimum absolute atomic E-state index is 0.109. The van der Waals surface area contributed by atoms with Crippen molar-refractivity contribution in [1.29, 1.82) is 0 Å². The van der Waals surface area contributed by atoms with E-state index >= 15 is 0 Å². The van der Waals surface area contributed by atoms with Crippen molar-refractivity contribution in [2.45, 2.75) is 45.4 Å². The number of thioether (sulfide) groups is 1. The molecule has 0 unspecified atom stereocenters. The highest BCUT2D eigenvalue weighted by Gasteiger charge is 2.14. The Bertz CT molecular complexity index is 654. The van der Waals surface area contributed by atoms with E-state index in [1.807, 2.05) is 17.8 Å². The van der Waals surface area contributed by atoms with Crippen molar-refractivity contribution in [3.8, 4) is 0 Å². The number of amides is 1. The molecule has 1 N–H and O–H groups in total. The Morgan fingerprint density at radius 1 is 1.12 bits per heavy atom. The molecule has 1 amide bonds. The van der Waals surface area contributed by atoms with Crippen molar-refractivity contribution in [2.24, 2.45) is 0 Å². The number of benzene rings is 2. The third-order valence-electron chi connectivity index (χ3n) is 4.13. The maximum absolute atomic E-state index is 12.3. The molecule has 0 saturated heterocycles. The van der Waals surface area contributed by atoms with Gasteiger partial charge in [0.2, 0.25) is 5.91 Å². The summed E-state index contributed by atoms with van der Waals surface area (Å²) in [6, 6.07) is 16.9. The van der Waals surface area contributed by atoms with E-state index in [4.69, 9.17) is 0 Å². The zero-order valence-corrected chi connectivity index (χ0v) is 15.7. The van der Waals surface area contributed by atoms with Crippen LogP contribution in [-0.4, -0.2) is 11.7 Å². The highest BCUT2D eigenvalue weighted by molar-refractivity contribution is 7.98. The summed E-state index contributed by atoms with van der Waals surface area (Å²) >= 11 is 1.81. The van der Waals surface area contributed by atoms with E-state index in [0.717, 1.165) is 17.9 Å². The number of carbonyl (C=O) groups is 1. The van der Waals surface area contributed by atoms with Gasteiger partial charge in [-0.3, -0.25) is 4.79 Å². The lowest BCUT2D eigenvalue weighted by molar-refractivity contribution is -0.121. The van der Waals surface area contributed by atoms with Gasteiger partial charge in [0.1, 0.15) is 0 Å². The highest BCUT2D eigenvalue weighted by atomic mass is 32.2. The average molecular weight is 342 g/mol. The molecule has 0 bridgehead atoms. The fraction of sp³-hybridized carbons (Fsp3) is 0.381. The van der Waals surface area contributed by atoms with Gasteiger partial charge in [-0.05, 0) is 37.0 Å². The Kier molecular flexibility index (Phi) is 7.38. The molecule has 0 heterocycles. The quantitative estimate of drug-likeness (QED) is 0.669. The number of hydrogen-bond donors (Lipinski definition) is 1. The van der Waals surface area contributed by atoms with Crippen LogP contribution in [0.3, 0.4) is 0 Å². The van der Waals surface area contributed by atoms with E-state index in [-0.39, 0.29) is 11.9 Å². The van der Waals surface area contributed by atoms with Crippen LogP contribution < -0.4 is 5.32 Å². The summed E-state index contributed by atoms with van der Waals surface area (Å²) in [4.78, 5) is 12.3. The van der Waals surface area contributed by atoms with Crippen LogP contribution in [0.25, 0.3) is 0 Å². The molecule has 2 nitrogen and oxygen atoms in total. The molecular weight excluding hydrogens is 314 g/mol. The van der Waals surface area contributed by atoms with E-state index < -0.39 is 0 Å². The average Bonchev–Trinajstić information content (AvgIpc) is 2.58. The summed E-state index contributed by atoms with van der Waals surface area (Å²) in [6.07, 6.45) is 1.48. The molecule has 2 aromatic carbocycles. The molecule has 1 atom stereocenters. The van der Waals surface area contributed by atoms with E-state index in [1.54, 1.807) is 0 Å². The molecule has 0 spiro atoms. The molecule has 128 valence electrons. The smallest absolute Gasteiger partial charge is 0.221 e. The van der Waals surface area contributed by atoms with Crippen LogP contribution in [0, 0.1) is 13.8 Å². The van der Waals surface area contributed by atoms with Gasteiger partial charge in [-0.25, -0.2) is 0 Å². The fourth-order valence-corrected chi connectivity index (χ4v) is 3.71. The van der Waals surface area contributed by atoms with Crippen molar-refractivity contribution < 1.29 is 4.79 Å². The number of carbonyl (C=O) groups excluding carboxylic acids is 1. The van der Waals surface area contributed by atoms with Crippen molar-refractivity contribution >= 4 is 17.7 Å². The van der Waals surface area contributed by atoms with E-state index in [2.05, 4.69) is 68.6 Å². The normalized spacial score (nSPS) is 12.0. The monoisotopic (exact) mass is 341 g/mol. The third-order valence-corrected chi connectivity index (χ3v) is 5.16. The molecule has 3 heteroatoms. The van der Waals surface area contributed by atoms with Crippen LogP contribution in [0.2, 0.25) is 0 Å². The number of hydrogen-bond acceptors (Lipinski definition) is 2. The Morgan fingerprint density at radius 3 is 2.54 bits per heavy atom. The van der Waals surface area contributed by atoms with Gasteiger partial charge in [-0.1, -0.05) is 61.0 Å². The lowest BCUT2D eigenvalue weighted by atomic mass is 9.97. The van der Waals surface area contributed by atoms with Gasteiger partial charge in [0.15, 0.2) is 0 Å². The van der Waals surface area contributed by atoms with Crippen molar-refractivity contribution in [3.63, 3.8) is 0 Å². The zero-order valence-electron chi connectivity index (χ0n) is 14.8. The number of rotatable bonds is 8. The van der Waals surface area contributed by atoms with Crippen molar-refractivity contribution in [2.75, 3.05) is 5.75 Å². The SMILES string of the molecule is CC[C@H](NC(=O)CCSCc1ccccc1)c1ccc(C)cc1C. The Hall–Kier alpha value is -1.74. The van der Waals surface area contributed by atoms with E-state index in [1.165, 1.54) is 22.3 Å². The zero-order chi connectivity index (χ0) is 17.4. The van der Waals surface area contributed by atoms with Gasteiger partial charge in [0, 0.05) is 17.9 Å². The van der Waals surface area contributed by atoms with Crippen molar-refractivity contribution in [1.82, 2.24) is 5.32 Å². The van der Waals surface area contributed by atoms with Crippen LogP contribution in [0.5, 0.6) is 0 Å². The van der Waals surface area contributed by atoms with Crippen molar-refractivity contribution in [3.05, 3.63) is 70.8 Å². The predicted octanol–water partition coefficient (Wildman–Crippen LogP) is 5.19. The summed E-state index contributed by atoms with van der Waals surface area (Å²) in [5, 5.41) is 3.19. The van der Waals surface area contributed by atoms with Gasteiger partial charge in [-0.15, -0.1) is 0 Å². The summed E-state index contributed by atoms with van der Waals surface area (Å²) < 4.78 is 0. The Labute approximate surface area is 150 Å². The second-order valence-corrected chi connectivity index (χ2v) is 7.28. The first kappa shape index (κ1) is 18.6. The standard InChI is InChI=1S/C21H27NOS/c1-4-20(19-11-10-16(2)14-17(19)3)22-21(23)12-13-24-15-18-8-6-5-7-9-18/h5-11,14,20H,4,12-13,15H2,1-3H3,(H,22,23)/t20-/m0/s1. The summed E-state index contributed by atoms with van der Waals surface area (Å²) in [5.41, 5.74) is 5.05. The highest BCUT2D eigenvalue weighted by Crippen LogP contribution is 2.22. The predicted molar refractivity (Wildman–Crippen MR) is 104 cm³/mol. The van der Waals surface area contributed by atoms with E-state index in [0.29, 0.717) is 6.42 Å². The molecule has 2 aromatic rings. The summed E-state index contributed by atoms with van der Waals surface area (Å²) in [5.74, 6) is 1.95. The molecular formula is C21H27NOS. The topological polar surface area (TPSA) is 29.1 Å².